The van der Waals surface area contributed by atoms with Crippen LogP contribution in [-0.2, 0) is 14.3 Å². The molecule has 1 unspecified atom stereocenters. The number of hydrogen-bond acceptors (Lipinski definition) is 4. The zero-order valence-corrected chi connectivity index (χ0v) is 18.1. The topological polar surface area (TPSA) is 82.3 Å². The molecule has 4 aliphatic rings. The number of fused-ring (bicyclic) bond motifs is 4. The number of pyridine rings is 1. The monoisotopic (exact) mass is 426 g/mol. The minimum Gasteiger partial charge on any atom is -0.489 e. The first-order valence-electron chi connectivity index (χ1n) is 11.4. The first-order chi connectivity index (χ1) is 15.4. The van der Waals surface area contributed by atoms with Gasteiger partial charge in [0.05, 0.1) is 11.5 Å². The fourth-order valence-electron chi connectivity index (χ4n) is 6.36. The normalized spacial score (nSPS) is 33.3. The van der Waals surface area contributed by atoms with Crippen molar-refractivity contribution in [3.63, 3.8) is 0 Å². The molecule has 6 rings (SSSR count). The second kappa shape index (κ2) is 6.89. The SMILES string of the molecule is C[C@]12C=CC3=CC4=C(CC(C(N)=O)CC4=O)O[C@H]3[C@@H]1CC[C@@H]2c1ccc2cnccc2c1. The zero-order chi connectivity index (χ0) is 22.0. The van der Waals surface area contributed by atoms with Crippen molar-refractivity contribution in [2.45, 2.75) is 44.6 Å². The number of ether oxygens (including phenoxy) is 1. The van der Waals surface area contributed by atoms with E-state index < -0.39 is 11.8 Å². The number of hydrogen-bond donors (Lipinski definition) is 1. The van der Waals surface area contributed by atoms with E-state index in [0.717, 1.165) is 23.8 Å². The van der Waals surface area contributed by atoms with E-state index in [2.05, 4.69) is 48.3 Å². The number of nitrogens with zero attached hydrogens (tertiary/aromatic N) is 1. The third-order valence-electron chi connectivity index (χ3n) is 8.16. The van der Waals surface area contributed by atoms with Gasteiger partial charge >= 0.3 is 0 Å². The van der Waals surface area contributed by atoms with Crippen LogP contribution in [-0.4, -0.2) is 22.8 Å². The van der Waals surface area contributed by atoms with E-state index in [-0.39, 0.29) is 23.7 Å². The maximum atomic E-state index is 12.6. The number of carbonyl (C=O) groups excluding carboxylic acids is 2. The highest BCUT2D eigenvalue weighted by Crippen LogP contribution is 2.59. The number of carbonyl (C=O) groups is 2. The van der Waals surface area contributed by atoms with E-state index in [9.17, 15) is 9.59 Å². The maximum Gasteiger partial charge on any atom is 0.221 e. The average molecular weight is 427 g/mol. The second-order valence-corrected chi connectivity index (χ2v) is 9.87. The molecular weight excluding hydrogens is 400 g/mol. The van der Waals surface area contributed by atoms with Crippen molar-refractivity contribution in [3.8, 4) is 0 Å². The summed E-state index contributed by atoms with van der Waals surface area (Å²) in [6.45, 7) is 2.34. The van der Waals surface area contributed by atoms with Crippen LogP contribution >= 0.6 is 0 Å². The number of allylic oxidation sites excluding steroid dienone is 4. The van der Waals surface area contributed by atoms with Crippen LogP contribution in [0.3, 0.4) is 0 Å². The van der Waals surface area contributed by atoms with Crippen LogP contribution in [0.1, 0.15) is 44.1 Å². The number of amides is 1. The van der Waals surface area contributed by atoms with Crippen LogP contribution < -0.4 is 5.73 Å². The third-order valence-corrected chi connectivity index (χ3v) is 8.16. The molecule has 2 N–H and O–H groups in total. The van der Waals surface area contributed by atoms with E-state index in [0.29, 0.717) is 29.6 Å². The van der Waals surface area contributed by atoms with Gasteiger partial charge in [0.25, 0.3) is 0 Å². The van der Waals surface area contributed by atoms with Crippen molar-refractivity contribution >= 4 is 22.5 Å². The molecule has 0 saturated heterocycles. The maximum absolute atomic E-state index is 12.6. The molecule has 3 aliphatic carbocycles. The first kappa shape index (κ1) is 19.5. The Hall–Kier alpha value is -3.21. The molecule has 5 atom stereocenters. The number of primary amides is 1. The van der Waals surface area contributed by atoms with Crippen LogP contribution in [0.4, 0.5) is 0 Å². The first-order valence-corrected chi connectivity index (χ1v) is 11.4. The summed E-state index contributed by atoms with van der Waals surface area (Å²) in [4.78, 5) is 28.6. The van der Waals surface area contributed by atoms with E-state index in [1.54, 1.807) is 0 Å². The Balaban J connectivity index is 1.35. The number of rotatable bonds is 2. The van der Waals surface area contributed by atoms with Gasteiger partial charge in [0.15, 0.2) is 5.78 Å². The Labute approximate surface area is 187 Å². The summed E-state index contributed by atoms with van der Waals surface area (Å²) >= 11 is 0. The Kier molecular flexibility index (Phi) is 4.19. The highest BCUT2D eigenvalue weighted by molar-refractivity contribution is 6.02. The van der Waals surface area contributed by atoms with Crippen molar-refractivity contribution < 1.29 is 14.3 Å². The van der Waals surface area contributed by atoms with Crippen LogP contribution in [0.15, 0.2) is 71.8 Å². The number of ketones is 1. The predicted molar refractivity (Wildman–Crippen MR) is 121 cm³/mol. The second-order valence-electron chi connectivity index (χ2n) is 9.87. The largest absolute Gasteiger partial charge is 0.489 e. The fraction of sp³-hybridized carbons (Fsp3) is 0.370. The van der Waals surface area contributed by atoms with Gasteiger partial charge in [0.1, 0.15) is 11.9 Å². The molecule has 1 aliphatic heterocycles. The third kappa shape index (κ3) is 2.80. The summed E-state index contributed by atoms with van der Waals surface area (Å²) in [5, 5.41) is 2.37. The molecule has 5 nitrogen and oxygen atoms in total. The molecule has 0 radical (unpaired) electrons. The fourth-order valence-corrected chi connectivity index (χ4v) is 6.36. The molecule has 0 bridgehead atoms. The molecule has 32 heavy (non-hydrogen) atoms. The molecule has 1 fully saturated rings. The lowest BCUT2D eigenvalue weighted by Crippen LogP contribution is -2.42. The Morgan fingerprint density at radius 1 is 1.19 bits per heavy atom. The quantitative estimate of drug-likeness (QED) is 0.774. The predicted octanol–water partition coefficient (Wildman–Crippen LogP) is 4.35. The Bertz CT molecular complexity index is 1260. The van der Waals surface area contributed by atoms with Gasteiger partial charge in [-0.1, -0.05) is 37.3 Å². The minimum atomic E-state index is -0.467. The summed E-state index contributed by atoms with van der Waals surface area (Å²) in [6.07, 6.45) is 12.9. The van der Waals surface area contributed by atoms with Gasteiger partial charge in [-0.2, -0.15) is 0 Å². The van der Waals surface area contributed by atoms with Crippen molar-refractivity contribution in [2.75, 3.05) is 0 Å². The number of aromatic nitrogens is 1. The lowest BCUT2D eigenvalue weighted by molar-refractivity contribution is -0.127. The van der Waals surface area contributed by atoms with Gasteiger partial charge in [-0.15, -0.1) is 0 Å². The zero-order valence-electron chi connectivity index (χ0n) is 18.1. The number of benzene rings is 1. The summed E-state index contributed by atoms with van der Waals surface area (Å²) in [5.74, 6) is 0.424. The molecule has 1 amide bonds. The molecule has 1 aromatic carbocycles. The van der Waals surface area contributed by atoms with Crippen molar-refractivity contribution in [3.05, 3.63) is 77.4 Å². The average Bonchev–Trinajstić information content (AvgIpc) is 3.15. The van der Waals surface area contributed by atoms with Crippen molar-refractivity contribution in [1.82, 2.24) is 4.98 Å². The van der Waals surface area contributed by atoms with Gasteiger partial charge in [-0.05, 0) is 52.8 Å². The van der Waals surface area contributed by atoms with Crippen LogP contribution in [0.25, 0.3) is 10.8 Å². The van der Waals surface area contributed by atoms with Gasteiger partial charge < -0.3 is 10.5 Å². The van der Waals surface area contributed by atoms with E-state index in [4.69, 9.17) is 10.5 Å². The summed E-state index contributed by atoms with van der Waals surface area (Å²) < 4.78 is 6.50. The van der Waals surface area contributed by atoms with Gasteiger partial charge in [-0.25, -0.2) is 0 Å². The van der Waals surface area contributed by atoms with E-state index >= 15 is 0 Å². The molecule has 0 spiro atoms. The summed E-state index contributed by atoms with van der Waals surface area (Å²) in [5.41, 5.74) is 8.52. The van der Waals surface area contributed by atoms with Gasteiger partial charge in [0.2, 0.25) is 5.91 Å². The van der Waals surface area contributed by atoms with Crippen molar-refractivity contribution in [2.24, 2.45) is 23.0 Å². The highest BCUT2D eigenvalue weighted by Gasteiger charge is 2.53. The molecule has 162 valence electrons. The van der Waals surface area contributed by atoms with E-state index in [1.807, 2.05) is 18.5 Å². The van der Waals surface area contributed by atoms with Crippen LogP contribution in [0, 0.1) is 17.3 Å². The van der Waals surface area contributed by atoms with Gasteiger partial charge in [-0.3, -0.25) is 14.6 Å². The smallest absolute Gasteiger partial charge is 0.221 e. The molecular formula is C27H26N2O3. The molecule has 1 saturated carbocycles. The standard InChI is InChI=1S/C27H26N2O3/c1-27-8-6-17-11-20-23(30)12-19(26(28)31)13-24(20)32-25(17)22(27)5-4-21(27)16-2-3-18-14-29-9-7-15(18)10-16/h2-3,6-11,14,19,21-22,25H,4-5,12-13H2,1H3,(H2,28,31)/t19?,21-,22+,25-,27-/m1/s1. The summed E-state index contributed by atoms with van der Waals surface area (Å²) in [7, 11) is 0. The number of Topliss-reactive ketones (excluding diaryl/α,β-unsaturated/α-hetero) is 1. The van der Waals surface area contributed by atoms with Crippen LogP contribution in [0.2, 0.25) is 0 Å². The molecule has 2 aromatic rings. The van der Waals surface area contributed by atoms with Crippen molar-refractivity contribution in [1.29, 1.82) is 0 Å². The summed E-state index contributed by atoms with van der Waals surface area (Å²) in [6, 6.07) is 8.77. The van der Waals surface area contributed by atoms with Crippen LogP contribution in [0.5, 0.6) is 0 Å². The minimum absolute atomic E-state index is 0.0391. The Morgan fingerprint density at radius 3 is 2.91 bits per heavy atom. The van der Waals surface area contributed by atoms with Gasteiger partial charge in [0, 0.05) is 36.5 Å². The Morgan fingerprint density at radius 2 is 2.06 bits per heavy atom. The lowest BCUT2D eigenvalue weighted by Gasteiger charge is -2.44. The molecule has 5 heteroatoms. The number of nitrogens with two attached hydrogens (primary N) is 1. The molecule has 2 heterocycles. The highest BCUT2D eigenvalue weighted by atomic mass is 16.5. The lowest BCUT2D eigenvalue weighted by atomic mass is 9.64. The molecule has 1 aromatic heterocycles. The van der Waals surface area contributed by atoms with E-state index in [1.165, 1.54) is 10.9 Å².